The van der Waals surface area contributed by atoms with Gasteiger partial charge in [0.2, 0.25) is 0 Å². The maximum absolute atomic E-state index is 6.16. The minimum atomic E-state index is -0.0797. The molecule has 1 saturated carbocycles. The van der Waals surface area contributed by atoms with Gasteiger partial charge in [-0.15, -0.1) is 0 Å². The fraction of sp³-hybridized carbons (Fsp3) is 0.350. The van der Waals surface area contributed by atoms with Crippen LogP contribution in [-0.2, 0) is 0 Å². The molecule has 0 saturated heterocycles. The number of hydrogen-bond donors (Lipinski definition) is 2. The highest BCUT2D eigenvalue weighted by Crippen LogP contribution is 2.40. The number of fused-ring (bicyclic) bond motifs is 1. The zero-order chi connectivity index (χ0) is 16.4. The summed E-state index contributed by atoms with van der Waals surface area (Å²) in [5, 5.41) is 8.05. The number of nitrogens with zero attached hydrogens (tertiary/aromatic N) is 1. The molecule has 0 bridgehead atoms. The number of aliphatic imine (C=N–C) groups is 1. The average molecular weight is 338 g/mol. The quantitative estimate of drug-likeness (QED) is 0.738. The Morgan fingerprint density at radius 1 is 1.12 bits per heavy atom. The Hall–Kier alpha value is -2.18. The van der Waals surface area contributed by atoms with Gasteiger partial charge in [-0.25, -0.2) is 0 Å². The zero-order valence-corrected chi connectivity index (χ0v) is 14.3. The summed E-state index contributed by atoms with van der Waals surface area (Å²) in [5.41, 5.74) is 9.11. The molecule has 4 heteroatoms. The van der Waals surface area contributed by atoms with Crippen LogP contribution in [0, 0.1) is 0 Å². The van der Waals surface area contributed by atoms with E-state index in [1.165, 1.54) is 19.3 Å². The molecule has 0 aromatic heterocycles. The predicted octanol–water partition coefficient (Wildman–Crippen LogP) is 5.09. The fourth-order valence-corrected chi connectivity index (χ4v) is 3.82. The molecule has 1 fully saturated rings. The molecule has 0 radical (unpaired) electrons. The normalized spacial score (nSPS) is 22.0. The van der Waals surface area contributed by atoms with Gasteiger partial charge in [-0.2, -0.15) is 0 Å². The number of anilines is 2. The molecular weight excluding hydrogens is 318 g/mol. The first-order valence-electron chi connectivity index (χ1n) is 8.52. The third-order valence-corrected chi connectivity index (χ3v) is 5.15. The fourth-order valence-electron chi connectivity index (χ4n) is 3.65. The minimum Gasteiger partial charge on any atom is -0.371 e. The monoisotopic (exact) mass is 337 g/mol. The van der Waals surface area contributed by atoms with Crippen molar-refractivity contribution in [2.75, 3.05) is 17.2 Å². The van der Waals surface area contributed by atoms with Gasteiger partial charge >= 0.3 is 0 Å². The van der Waals surface area contributed by atoms with Crippen molar-refractivity contribution in [3.8, 4) is 0 Å². The Morgan fingerprint density at radius 2 is 2.00 bits per heavy atom. The molecule has 0 amide bonds. The van der Waals surface area contributed by atoms with Gasteiger partial charge in [0.1, 0.15) is 5.84 Å². The summed E-state index contributed by atoms with van der Waals surface area (Å²) in [5.74, 6) is 1.03. The van der Waals surface area contributed by atoms with Crippen LogP contribution < -0.4 is 10.6 Å². The van der Waals surface area contributed by atoms with Crippen molar-refractivity contribution < 1.29 is 0 Å². The lowest BCUT2D eigenvalue weighted by atomic mass is 9.79. The van der Waals surface area contributed by atoms with Crippen LogP contribution in [-0.4, -0.2) is 17.9 Å². The van der Waals surface area contributed by atoms with Gasteiger partial charge in [0.15, 0.2) is 0 Å². The topological polar surface area (TPSA) is 36.4 Å². The molecule has 1 aromatic rings. The molecule has 1 heterocycles. The van der Waals surface area contributed by atoms with E-state index in [1.54, 1.807) is 0 Å². The van der Waals surface area contributed by atoms with Gasteiger partial charge in [-0.05, 0) is 54.8 Å². The Morgan fingerprint density at radius 3 is 2.79 bits per heavy atom. The van der Waals surface area contributed by atoms with E-state index in [-0.39, 0.29) is 5.54 Å². The Labute approximate surface area is 147 Å². The van der Waals surface area contributed by atoms with Crippen molar-refractivity contribution in [3.05, 3.63) is 58.5 Å². The van der Waals surface area contributed by atoms with E-state index >= 15 is 0 Å². The number of halogens is 1. The lowest BCUT2D eigenvalue weighted by molar-refractivity contribution is 0.403. The summed E-state index contributed by atoms with van der Waals surface area (Å²) in [6, 6.07) is 5.95. The minimum absolute atomic E-state index is 0.0797. The van der Waals surface area contributed by atoms with Gasteiger partial charge in [0, 0.05) is 5.02 Å². The van der Waals surface area contributed by atoms with E-state index in [0.29, 0.717) is 6.54 Å². The molecule has 2 N–H and O–H groups in total. The maximum atomic E-state index is 6.16. The molecule has 0 unspecified atom stereocenters. The van der Waals surface area contributed by atoms with Crippen LogP contribution in [0.5, 0.6) is 0 Å². The summed E-state index contributed by atoms with van der Waals surface area (Å²) >= 11 is 6.16. The number of amidine groups is 1. The Kier molecular flexibility index (Phi) is 4.08. The van der Waals surface area contributed by atoms with Crippen LogP contribution in [0.2, 0.25) is 5.02 Å². The highest BCUT2D eigenvalue weighted by molar-refractivity contribution is 6.31. The molecule has 3 aliphatic rings. The molecule has 2 aliphatic carbocycles. The van der Waals surface area contributed by atoms with E-state index in [1.807, 2.05) is 30.4 Å². The number of benzene rings is 1. The molecule has 4 rings (SSSR count). The predicted molar refractivity (Wildman–Crippen MR) is 101 cm³/mol. The first-order chi connectivity index (χ1) is 11.8. The van der Waals surface area contributed by atoms with Crippen molar-refractivity contribution >= 4 is 28.8 Å². The molecule has 3 nitrogen and oxygen atoms in total. The molecule has 1 aromatic carbocycles. The van der Waals surface area contributed by atoms with Gasteiger partial charge in [0.25, 0.3) is 0 Å². The second-order valence-electron chi connectivity index (χ2n) is 6.59. The van der Waals surface area contributed by atoms with E-state index in [9.17, 15) is 0 Å². The highest BCUT2D eigenvalue weighted by atomic mass is 35.5. The number of rotatable bonds is 2. The first kappa shape index (κ1) is 15.4. The summed E-state index contributed by atoms with van der Waals surface area (Å²) in [4.78, 5) is 4.93. The third kappa shape index (κ3) is 2.95. The van der Waals surface area contributed by atoms with Crippen molar-refractivity contribution in [1.82, 2.24) is 0 Å². The van der Waals surface area contributed by atoms with Crippen LogP contribution in [0.15, 0.2) is 58.5 Å². The lowest BCUT2D eigenvalue weighted by Crippen LogP contribution is -2.53. The third-order valence-electron chi connectivity index (χ3n) is 4.91. The smallest absolute Gasteiger partial charge is 0.127 e. The van der Waals surface area contributed by atoms with E-state index in [2.05, 4.69) is 28.2 Å². The summed E-state index contributed by atoms with van der Waals surface area (Å²) in [6.07, 6.45) is 11.8. The van der Waals surface area contributed by atoms with Gasteiger partial charge < -0.3 is 10.6 Å². The number of allylic oxidation sites excluding steroid dienone is 2. The van der Waals surface area contributed by atoms with Crippen LogP contribution >= 0.6 is 11.6 Å². The Bertz CT molecular complexity index is 815. The Balaban J connectivity index is 1.67. The van der Waals surface area contributed by atoms with Crippen LogP contribution in [0.3, 0.4) is 0 Å². The molecule has 24 heavy (non-hydrogen) atoms. The summed E-state index contributed by atoms with van der Waals surface area (Å²) in [6.45, 7) is 0.646. The largest absolute Gasteiger partial charge is 0.371 e. The second kappa shape index (κ2) is 6.37. The van der Waals surface area contributed by atoms with Crippen LogP contribution in [0.4, 0.5) is 11.4 Å². The standard InChI is InChI=1S/C20H20ClN3/c21-16-9-10-17-18(13-16)23-19(20(24-17)11-5-2-6-12-20)22-14-15-7-3-1-4-8-15/h3,7-10,13,24H,2,5-6,11-12,14H2,(H,22,23). The molecule has 0 atom stereocenters. The lowest BCUT2D eigenvalue weighted by Gasteiger charge is -2.44. The van der Waals surface area contributed by atoms with Crippen molar-refractivity contribution in [2.24, 2.45) is 4.99 Å². The van der Waals surface area contributed by atoms with Gasteiger partial charge in [-0.1, -0.05) is 42.3 Å². The van der Waals surface area contributed by atoms with E-state index in [0.717, 1.165) is 40.6 Å². The first-order valence-corrected chi connectivity index (χ1v) is 8.89. The van der Waals surface area contributed by atoms with Crippen LogP contribution in [0.1, 0.15) is 32.1 Å². The van der Waals surface area contributed by atoms with E-state index < -0.39 is 0 Å². The summed E-state index contributed by atoms with van der Waals surface area (Å²) < 4.78 is 0. The van der Waals surface area contributed by atoms with Crippen molar-refractivity contribution in [3.63, 3.8) is 0 Å². The SMILES string of the molecule is Clc1ccc2c(c1)NC(=NCC1=CC=C=C=C1)C1(CCCCC1)N2. The van der Waals surface area contributed by atoms with E-state index in [4.69, 9.17) is 16.6 Å². The second-order valence-corrected chi connectivity index (χ2v) is 7.03. The molecule has 1 aliphatic heterocycles. The maximum Gasteiger partial charge on any atom is 0.127 e. The highest BCUT2D eigenvalue weighted by Gasteiger charge is 2.40. The number of nitrogens with one attached hydrogen (secondary N) is 2. The van der Waals surface area contributed by atoms with Gasteiger partial charge in [0.05, 0.1) is 23.5 Å². The number of hydrogen-bond acceptors (Lipinski definition) is 2. The molecule has 1 spiro atoms. The average Bonchev–Trinajstić information content (AvgIpc) is 2.62. The zero-order valence-electron chi connectivity index (χ0n) is 13.5. The van der Waals surface area contributed by atoms with Crippen LogP contribution in [0.25, 0.3) is 0 Å². The van der Waals surface area contributed by atoms with Crippen molar-refractivity contribution in [1.29, 1.82) is 0 Å². The van der Waals surface area contributed by atoms with Gasteiger partial charge in [-0.3, -0.25) is 4.99 Å². The molecule has 122 valence electrons. The summed E-state index contributed by atoms with van der Waals surface area (Å²) in [7, 11) is 0. The molecular formula is C20H20ClN3. The van der Waals surface area contributed by atoms with Crippen molar-refractivity contribution in [2.45, 2.75) is 37.6 Å².